The van der Waals surface area contributed by atoms with Crippen molar-refractivity contribution in [1.29, 1.82) is 0 Å². The van der Waals surface area contributed by atoms with Crippen molar-refractivity contribution in [2.45, 2.75) is 26.2 Å². The summed E-state index contributed by atoms with van der Waals surface area (Å²) in [7, 11) is 1.66. The molecule has 1 saturated heterocycles. The van der Waals surface area contributed by atoms with Crippen LogP contribution in [-0.4, -0.2) is 48.5 Å². The van der Waals surface area contributed by atoms with E-state index in [1.807, 2.05) is 11.8 Å². The molecule has 0 aromatic carbocycles. The zero-order valence-electron chi connectivity index (χ0n) is 10.6. The van der Waals surface area contributed by atoms with Gasteiger partial charge in [-0.1, -0.05) is 0 Å². The fraction of sp³-hybridized carbons (Fsp3) is 0.833. The zero-order chi connectivity index (χ0) is 12.7. The number of rotatable bonds is 5. The average Bonchev–Trinajstić information content (AvgIpc) is 2.30. The summed E-state index contributed by atoms with van der Waals surface area (Å²) in [6, 6.07) is 0. The molecule has 0 N–H and O–H groups in total. The molecule has 4 nitrogen and oxygen atoms in total. The maximum absolute atomic E-state index is 11.9. The second kappa shape index (κ2) is 7.58. The highest BCUT2D eigenvalue weighted by molar-refractivity contribution is 7.99. The van der Waals surface area contributed by atoms with Crippen LogP contribution in [-0.2, 0) is 14.3 Å². The molecule has 0 aromatic heterocycles. The van der Waals surface area contributed by atoms with Gasteiger partial charge in [-0.05, 0) is 37.2 Å². The average molecular weight is 259 g/mol. The number of likely N-dealkylation sites (N-methyl/N-ethyl adjacent to an activating group) is 1. The van der Waals surface area contributed by atoms with Gasteiger partial charge in [0.15, 0.2) is 0 Å². The topological polar surface area (TPSA) is 46.6 Å². The fourth-order valence-corrected chi connectivity index (χ4v) is 3.05. The highest BCUT2D eigenvalue weighted by Crippen LogP contribution is 2.25. The Labute approximate surface area is 107 Å². The smallest absolute Gasteiger partial charge is 0.325 e. The molecule has 0 bridgehead atoms. The highest BCUT2D eigenvalue weighted by atomic mass is 32.2. The van der Waals surface area contributed by atoms with Gasteiger partial charge in [-0.3, -0.25) is 9.59 Å². The van der Waals surface area contributed by atoms with Gasteiger partial charge in [0.2, 0.25) is 5.91 Å². The molecule has 0 radical (unpaired) electrons. The van der Waals surface area contributed by atoms with E-state index in [2.05, 4.69) is 0 Å². The van der Waals surface area contributed by atoms with Crippen LogP contribution in [0.15, 0.2) is 0 Å². The number of hydrogen-bond donors (Lipinski definition) is 0. The van der Waals surface area contributed by atoms with Gasteiger partial charge in [0, 0.05) is 13.5 Å². The number of esters is 1. The molecule has 1 aliphatic rings. The summed E-state index contributed by atoms with van der Waals surface area (Å²) in [5.41, 5.74) is 0. The third-order valence-electron chi connectivity index (χ3n) is 2.90. The van der Waals surface area contributed by atoms with Crippen molar-refractivity contribution in [1.82, 2.24) is 4.90 Å². The lowest BCUT2D eigenvalue weighted by Gasteiger charge is -2.23. The van der Waals surface area contributed by atoms with Gasteiger partial charge >= 0.3 is 5.97 Å². The number of amides is 1. The molecule has 5 heteroatoms. The van der Waals surface area contributed by atoms with E-state index in [0.717, 1.165) is 24.3 Å². The lowest BCUT2D eigenvalue weighted by Crippen LogP contribution is -2.34. The first-order valence-corrected chi connectivity index (χ1v) is 7.26. The Morgan fingerprint density at radius 2 is 2.00 bits per heavy atom. The minimum atomic E-state index is -0.331. The molecule has 1 aliphatic heterocycles. The number of nitrogens with zero attached hydrogens (tertiary/aromatic N) is 1. The van der Waals surface area contributed by atoms with Gasteiger partial charge in [0.05, 0.1) is 6.61 Å². The van der Waals surface area contributed by atoms with Crippen LogP contribution in [0.2, 0.25) is 0 Å². The van der Waals surface area contributed by atoms with Crippen LogP contribution in [0.1, 0.15) is 26.2 Å². The van der Waals surface area contributed by atoms with Gasteiger partial charge in [0.1, 0.15) is 6.54 Å². The maximum atomic E-state index is 11.9. The van der Waals surface area contributed by atoms with Crippen molar-refractivity contribution in [2.75, 3.05) is 31.7 Å². The lowest BCUT2D eigenvalue weighted by atomic mass is 9.98. The maximum Gasteiger partial charge on any atom is 0.325 e. The first-order valence-electron chi connectivity index (χ1n) is 6.10. The molecule has 1 rings (SSSR count). The van der Waals surface area contributed by atoms with E-state index in [1.54, 1.807) is 14.0 Å². The van der Waals surface area contributed by atoms with Crippen molar-refractivity contribution >= 4 is 23.6 Å². The summed E-state index contributed by atoms with van der Waals surface area (Å²) in [6.45, 7) is 2.19. The summed E-state index contributed by atoms with van der Waals surface area (Å²) in [5.74, 6) is 2.52. The van der Waals surface area contributed by atoms with Crippen LogP contribution in [0.5, 0.6) is 0 Å². The van der Waals surface area contributed by atoms with Crippen molar-refractivity contribution in [3.05, 3.63) is 0 Å². The first kappa shape index (κ1) is 14.4. The van der Waals surface area contributed by atoms with Crippen LogP contribution in [0.4, 0.5) is 0 Å². The Kier molecular flexibility index (Phi) is 6.40. The molecule has 1 fully saturated rings. The minimum Gasteiger partial charge on any atom is -0.465 e. The number of hydrogen-bond acceptors (Lipinski definition) is 4. The number of carbonyl (C=O) groups excluding carboxylic acids is 2. The number of ether oxygens (including phenoxy) is 1. The number of thioether (sulfide) groups is 1. The van der Waals surface area contributed by atoms with Crippen LogP contribution >= 0.6 is 11.8 Å². The summed E-state index contributed by atoms with van der Waals surface area (Å²) in [6.07, 6.45) is 2.80. The SMILES string of the molecule is CCOC(=O)CN(C)C(=O)CC1CCSCC1. The zero-order valence-corrected chi connectivity index (χ0v) is 11.4. The summed E-state index contributed by atoms with van der Waals surface area (Å²) >= 11 is 1.95. The molecule has 1 amide bonds. The molecule has 17 heavy (non-hydrogen) atoms. The van der Waals surface area contributed by atoms with Gasteiger partial charge in [-0.15, -0.1) is 0 Å². The molecule has 0 aliphatic carbocycles. The molecule has 0 saturated carbocycles. The molecule has 1 heterocycles. The fourth-order valence-electron chi connectivity index (χ4n) is 1.84. The van der Waals surface area contributed by atoms with E-state index in [1.165, 1.54) is 4.90 Å². The highest BCUT2D eigenvalue weighted by Gasteiger charge is 2.20. The Bertz CT molecular complexity index is 264. The second-order valence-electron chi connectivity index (χ2n) is 4.31. The quantitative estimate of drug-likeness (QED) is 0.703. The largest absolute Gasteiger partial charge is 0.465 e. The van der Waals surface area contributed by atoms with Gasteiger partial charge < -0.3 is 9.64 Å². The normalized spacial score (nSPS) is 16.6. The van der Waals surface area contributed by atoms with E-state index in [-0.39, 0.29) is 18.4 Å². The Balaban J connectivity index is 2.28. The van der Waals surface area contributed by atoms with Crippen molar-refractivity contribution in [2.24, 2.45) is 5.92 Å². The summed E-state index contributed by atoms with van der Waals surface area (Å²) in [5, 5.41) is 0. The predicted molar refractivity (Wildman–Crippen MR) is 68.9 cm³/mol. The molecule has 0 unspecified atom stereocenters. The molecule has 98 valence electrons. The number of carbonyl (C=O) groups is 2. The van der Waals surface area contributed by atoms with E-state index in [9.17, 15) is 9.59 Å². The lowest BCUT2D eigenvalue weighted by molar-refractivity contribution is -0.148. The second-order valence-corrected chi connectivity index (χ2v) is 5.54. The Morgan fingerprint density at radius 3 is 2.59 bits per heavy atom. The molecular formula is C12H21NO3S. The minimum absolute atomic E-state index is 0.0509. The van der Waals surface area contributed by atoms with E-state index in [0.29, 0.717) is 18.9 Å². The van der Waals surface area contributed by atoms with Crippen LogP contribution in [0, 0.1) is 5.92 Å². The van der Waals surface area contributed by atoms with Crippen molar-refractivity contribution < 1.29 is 14.3 Å². The molecule has 0 aromatic rings. The van der Waals surface area contributed by atoms with Crippen molar-refractivity contribution in [3.63, 3.8) is 0 Å². The first-order chi connectivity index (χ1) is 8.13. The van der Waals surface area contributed by atoms with Gasteiger partial charge in [-0.25, -0.2) is 0 Å². The van der Waals surface area contributed by atoms with E-state index < -0.39 is 0 Å². The molecule has 0 atom stereocenters. The molecular weight excluding hydrogens is 238 g/mol. The van der Waals surface area contributed by atoms with Gasteiger partial charge in [0.25, 0.3) is 0 Å². The standard InChI is InChI=1S/C12H21NO3S/c1-3-16-12(15)9-13(2)11(14)8-10-4-6-17-7-5-10/h10H,3-9H2,1-2H3. The molecule has 0 spiro atoms. The van der Waals surface area contributed by atoms with Crippen molar-refractivity contribution in [3.8, 4) is 0 Å². The van der Waals surface area contributed by atoms with Crippen LogP contribution in [0.3, 0.4) is 0 Å². The van der Waals surface area contributed by atoms with Crippen LogP contribution < -0.4 is 0 Å². The third-order valence-corrected chi connectivity index (χ3v) is 3.95. The van der Waals surface area contributed by atoms with Crippen LogP contribution in [0.25, 0.3) is 0 Å². The van der Waals surface area contributed by atoms with Gasteiger partial charge in [-0.2, -0.15) is 11.8 Å². The summed E-state index contributed by atoms with van der Waals surface area (Å²) in [4.78, 5) is 24.6. The predicted octanol–water partition coefficient (Wildman–Crippen LogP) is 1.54. The summed E-state index contributed by atoms with van der Waals surface area (Å²) < 4.78 is 4.82. The van der Waals surface area contributed by atoms with E-state index >= 15 is 0 Å². The monoisotopic (exact) mass is 259 g/mol. The van der Waals surface area contributed by atoms with E-state index in [4.69, 9.17) is 4.74 Å². The Hall–Kier alpha value is -0.710. The third kappa shape index (κ3) is 5.44. The Morgan fingerprint density at radius 1 is 1.35 bits per heavy atom.